The van der Waals surface area contributed by atoms with Crippen LogP contribution in [0.1, 0.15) is 47.2 Å². The Balaban J connectivity index is 1.71. The number of nitrogens with one attached hydrogen (secondary N) is 2. The zero-order valence-corrected chi connectivity index (χ0v) is 13.6. The second-order valence-electron chi connectivity index (χ2n) is 6.24. The van der Waals surface area contributed by atoms with E-state index in [0.29, 0.717) is 12.5 Å². The molecule has 1 aromatic carbocycles. The first-order chi connectivity index (χ1) is 10.6. The van der Waals surface area contributed by atoms with Gasteiger partial charge in [-0.15, -0.1) is 0 Å². The minimum Gasteiger partial charge on any atom is -0.356 e. The Labute approximate surface area is 132 Å². The van der Waals surface area contributed by atoms with Crippen molar-refractivity contribution in [3.63, 3.8) is 0 Å². The van der Waals surface area contributed by atoms with Crippen molar-refractivity contribution in [3.8, 4) is 0 Å². The molecule has 0 aliphatic carbocycles. The summed E-state index contributed by atoms with van der Waals surface area (Å²) in [6.45, 7) is 6.76. The highest BCUT2D eigenvalue weighted by Crippen LogP contribution is 2.14. The molecular formula is C18H26N2O2. The van der Waals surface area contributed by atoms with Crippen molar-refractivity contribution in [3.05, 3.63) is 34.9 Å². The smallest absolute Gasteiger partial charge is 0.220 e. The highest BCUT2D eigenvalue weighted by atomic mass is 16.2. The molecular weight excluding hydrogens is 276 g/mol. The molecule has 1 aliphatic heterocycles. The third-order valence-corrected chi connectivity index (χ3v) is 4.31. The Hall–Kier alpha value is -1.68. The van der Waals surface area contributed by atoms with E-state index in [1.165, 1.54) is 6.42 Å². The van der Waals surface area contributed by atoms with Crippen molar-refractivity contribution < 1.29 is 9.59 Å². The lowest BCUT2D eigenvalue weighted by Gasteiger charge is -2.10. The summed E-state index contributed by atoms with van der Waals surface area (Å²) in [6.07, 6.45) is 2.76. The number of Topliss-reactive ketones (excluding diaryl/α,β-unsaturated/α-hetero) is 1. The second-order valence-corrected chi connectivity index (χ2v) is 6.24. The van der Waals surface area contributed by atoms with Crippen molar-refractivity contribution in [1.82, 2.24) is 10.6 Å². The molecule has 0 bridgehead atoms. The molecule has 1 aliphatic rings. The summed E-state index contributed by atoms with van der Waals surface area (Å²) in [6, 6.07) is 5.86. The topological polar surface area (TPSA) is 58.2 Å². The van der Waals surface area contributed by atoms with Gasteiger partial charge in [0.05, 0.1) is 0 Å². The van der Waals surface area contributed by atoms with E-state index in [0.717, 1.165) is 36.2 Å². The molecule has 4 nitrogen and oxygen atoms in total. The summed E-state index contributed by atoms with van der Waals surface area (Å²) >= 11 is 0. The normalized spacial score (nSPS) is 17.5. The number of aryl methyl sites for hydroxylation is 2. The van der Waals surface area contributed by atoms with Gasteiger partial charge in [0.25, 0.3) is 0 Å². The van der Waals surface area contributed by atoms with E-state index >= 15 is 0 Å². The molecule has 1 saturated heterocycles. The van der Waals surface area contributed by atoms with Crippen LogP contribution in [0.2, 0.25) is 0 Å². The highest BCUT2D eigenvalue weighted by Gasteiger charge is 2.15. The van der Waals surface area contributed by atoms with Crippen LogP contribution in [-0.4, -0.2) is 31.3 Å². The van der Waals surface area contributed by atoms with Crippen LogP contribution < -0.4 is 10.6 Å². The predicted octanol–water partition coefficient (Wildman–Crippen LogP) is 2.38. The Bertz CT molecular complexity index is 534. The van der Waals surface area contributed by atoms with Crippen LogP contribution in [0.4, 0.5) is 0 Å². The predicted molar refractivity (Wildman–Crippen MR) is 88.1 cm³/mol. The zero-order chi connectivity index (χ0) is 15.9. The van der Waals surface area contributed by atoms with Gasteiger partial charge in [0.2, 0.25) is 5.91 Å². The van der Waals surface area contributed by atoms with Crippen LogP contribution in [0.5, 0.6) is 0 Å². The Kier molecular flexibility index (Phi) is 6.13. The number of hydrogen-bond donors (Lipinski definition) is 2. The summed E-state index contributed by atoms with van der Waals surface area (Å²) in [5, 5.41) is 6.24. The van der Waals surface area contributed by atoms with Crippen molar-refractivity contribution in [2.45, 2.75) is 39.5 Å². The van der Waals surface area contributed by atoms with Crippen LogP contribution >= 0.6 is 0 Å². The van der Waals surface area contributed by atoms with Crippen molar-refractivity contribution in [2.75, 3.05) is 19.6 Å². The van der Waals surface area contributed by atoms with Gasteiger partial charge >= 0.3 is 0 Å². The molecule has 2 N–H and O–H groups in total. The van der Waals surface area contributed by atoms with Crippen LogP contribution in [0.15, 0.2) is 18.2 Å². The molecule has 0 aromatic heterocycles. The molecule has 2 rings (SSSR count). The maximum Gasteiger partial charge on any atom is 0.220 e. The molecule has 22 heavy (non-hydrogen) atoms. The lowest BCUT2D eigenvalue weighted by atomic mass is 9.99. The number of carbonyl (C=O) groups is 2. The molecule has 1 fully saturated rings. The number of hydrogen-bond acceptors (Lipinski definition) is 3. The molecule has 1 amide bonds. The minimum atomic E-state index is -0.0235. The first-order valence-corrected chi connectivity index (χ1v) is 8.14. The molecule has 0 saturated carbocycles. The number of rotatable bonds is 7. The van der Waals surface area contributed by atoms with Gasteiger partial charge in [0.15, 0.2) is 5.78 Å². The Morgan fingerprint density at radius 1 is 1.27 bits per heavy atom. The van der Waals surface area contributed by atoms with Crippen LogP contribution in [0.3, 0.4) is 0 Å². The van der Waals surface area contributed by atoms with E-state index in [-0.39, 0.29) is 24.5 Å². The largest absolute Gasteiger partial charge is 0.356 e. The average Bonchev–Trinajstić information content (AvgIpc) is 3.00. The van der Waals surface area contributed by atoms with Gasteiger partial charge < -0.3 is 10.6 Å². The Morgan fingerprint density at radius 2 is 2.09 bits per heavy atom. The summed E-state index contributed by atoms with van der Waals surface area (Å²) in [5.74, 6) is 0.706. The number of amides is 1. The monoisotopic (exact) mass is 302 g/mol. The SMILES string of the molecule is Cc1ccc(C)c(C(=O)CCC(=O)NCCC2CCNC2)c1. The van der Waals surface area contributed by atoms with E-state index < -0.39 is 0 Å². The maximum absolute atomic E-state index is 12.2. The average molecular weight is 302 g/mol. The molecule has 120 valence electrons. The third-order valence-electron chi connectivity index (χ3n) is 4.31. The summed E-state index contributed by atoms with van der Waals surface area (Å²) in [5.41, 5.74) is 2.79. The fraction of sp³-hybridized carbons (Fsp3) is 0.556. The fourth-order valence-electron chi connectivity index (χ4n) is 2.86. The van der Waals surface area contributed by atoms with Crippen molar-refractivity contribution in [2.24, 2.45) is 5.92 Å². The zero-order valence-electron chi connectivity index (χ0n) is 13.6. The van der Waals surface area contributed by atoms with Crippen LogP contribution in [-0.2, 0) is 4.79 Å². The standard InChI is InChI=1S/C18H26N2O2/c1-13-3-4-14(2)16(11-13)17(21)5-6-18(22)20-10-8-15-7-9-19-12-15/h3-4,11,15,19H,5-10,12H2,1-2H3,(H,20,22). The third kappa shape index (κ3) is 4.95. The minimum absolute atomic E-state index is 0.0235. The van der Waals surface area contributed by atoms with Crippen LogP contribution in [0, 0.1) is 19.8 Å². The van der Waals surface area contributed by atoms with Gasteiger partial charge in [-0.3, -0.25) is 9.59 Å². The molecule has 0 radical (unpaired) electrons. The maximum atomic E-state index is 12.2. The molecule has 1 atom stereocenters. The molecule has 0 spiro atoms. The molecule has 1 heterocycles. The van der Waals surface area contributed by atoms with Gasteiger partial charge in [0.1, 0.15) is 0 Å². The first kappa shape index (κ1) is 16.7. The quantitative estimate of drug-likeness (QED) is 0.760. The van der Waals surface area contributed by atoms with Gasteiger partial charge in [-0.05, 0) is 57.3 Å². The van der Waals surface area contributed by atoms with E-state index in [2.05, 4.69) is 10.6 Å². The molecule has 1 aromatic rings. The summed E-state index contributed by atoms with van der Waals surface area (Å²) < 4.78 is 0. The van der Waals surface area contributed by atoms with E-state index in [9.17, 15) is 9.59 Å². The van der Waals surface area contributed by atoms with Crippen molar-refractivity contribution in [1.29, 1.82) is 0 Å². The summed E-state index contributed by atoms with van der Waals surface area (Å²) in [7, 11) is 0. The highest BCUT2D eigenvalue weighted by molar-refractivity contribution is 5.99. The van der Waals surface area contributed by atoms with Crippen LogP contribution in [0.25, 0.3) is 0 Å². The lowest BCUT2D eigenvalue weighted by molar-refractivity contribution is -0.121. The molecule has 4 heteroatoms. The van der Waals surface area contributed by atoms with E-state index in [1.54, 1.807) is 0 Å². The fourth-order valence-corrected chi connectivity index (χ4v) is 2.86. The van der Waals surface area contributed by atoms with Gasteiger partial charge in [-0.1, -0.05) is 17.7 Å². The molecule has 1 unspecified atom stereocenters. The second kappa shape index (κ2) is 8.08. The van der Waals surface area contributed by atoms with E-state index in [1.807, 2.05) is 32.0 Å². The Morgan fingerprint density at radius 3 is 2.82 bits per heavy atom. The first-order valence-electron chi connectivity index (χ1n) is 8.14. The number of carbonyl (C=O) groups excluding carboxylic acids is 2. The summed E-state index contributed by atoms with van der Waals surface area (Å²) in [4.78, 5) is 24.0. The van der Waals surface area contributed by atoms with E-state index in [4.69, 9.17) is 0 Å². The van der Waals surface area contributed by atoms with Gasteiger partial charge in [-0.2, -0.15) is 0 Å². The van der Waals surface area contributed by atoms with Crippen molar-refractivity contribution >= 4 is 11.7 Å². The number of benzene rings is 1. The van der Waals surface area contributed by atoms with Gasteiger partial charge in [0, 0.05) is 24.9 Å². The van der Waals surface area contributed by atoms with Gasteiger partial charge in [-0.25, -0.2) is 0 Å². The number of ketones is 1. The lowest BCUT2D eigenvalue weighted by Crippen LogP contribution is -2.26.